The van der Waals surface area contributed by atoms with Crippen LogP contribution in [0, 0.1) is 0 Å². The zero-order valence-corrected chi connectivity index (χ0v) is 12.2. The van der Waals surface area contributed by atoms with Crippen LogP contribution in [0.2, 0.25) is 0 Å². The summed E-state index contributed by atoms with van der Waals surface area (Å²) in [7, 11) is 3.47. The highest BCUT2D eigenvalue weighted by Gasteiger charge is 2.15. The molecule has 106 valence electrons. The van der Waals surface area contributed by atoms with E-state index in [1.54, 1.807) is 25.1 Å². The lowest BCUT2D eigenvalue weighted by Gasteiger charge is -2.20. The van der Waals surface area contributed by atoms with Crippen molar-refractivity contribution in [3.63, 3.8) is 0 Å². The topological polar surface area (TPSA) is 67.6 Å². The van der Waals surface area contributed by atoms with Gasteiger partial charge in [-0.1, -0.05) is 0 Å². The highest BCUT2D eigenvalue weighted by Crippen LogP contribution is 2.26. The Labute approximate surface area is 114 Å². The number of rotatable bonds is 5. The summed E-state index contributed by atoms with van der Waals surface area (Å²) >= 11 is 0. The first kappa shape index (κ1) is 15.1. The molecule has 0 spiro atoms. The van der Waals surface area contributed by atoms with E-state index in [1.807, 2.05) is 32.9 Å². The van der Waals surface area contributed by atoms with Crippen LogP contribution < -0.4 is 15.8 Å². The molecule has 1 aromatic rings. The number of anilines is 2. The smallest absolute Gasteiger partial charge is 0.244 e. The van der Waals surface area contributed by atoms with Gasteiger partial charge < -0.3 is 20.7 Å². The van der Waals surface area contributed by atoms with Gasteiger partial charge in [0.25, 0.3) is 0 Å². The number of hydrogen-bond acceptors (Lipinski definition) is 4. The second-order valence-corrected chi connectivity index (χ2v) is 5.02. The minimum atomic E-state index is -0.300. The number of nitrogens with zero attached hydrogens (tertiary/aromatic N) is 1. The van der Waals surface area contributed by atoms with Gasteiger partial charge in [0.15, 0.2) is 0 Å². The molecule has 0 aliphatic carbocycles. The highest BCUT2D eigenvalue weighted by atomic mass is 16.5. The van der Waals surface area contributed by atoms with Crippen LogP contribution in [0.5, 0.6) is 5.75 Å². The first-order valence-corrected chi connectivity index (χ1v) is 6.35. The number of ether oxygens (including phenoxy) is 1. The largest absolute Gasteiger partial charge is 0.489 e. The number of benzene rings is 1. The normalized spacial score (nSPS) is 12.1. The standard InChI is InChI=1S/C14H23N3O2/c1-9(2)19-13-8-11(6-7-12(13)15)16-10(3)14(18)17(4)5/h6-10,16H,15H2,1-5H3. The van der Waals surface area contributed by atoms with Crippen molar-refractivity contribution in [2.24, 2.45) is 0 Å². The summed E-state index contributed by atoms with van der Waals surface area (Å²) in [6.07, 6.45) is 0.0541. The van der Waals surface area contributed by atoms with E-state index in [0.717, 1.165) is 5.69 Å². The molecule has 19 heavy (non-hydrogen) atoms. The molecule has 0 aliphatic heterocycles. The van der Waals surface area contributed by atoms with Crippen LogP contribution in [0.4, 0.5) is 11.4 Å². The van der Waals surface area contributed by atoms with E-state index in [0.29, 0.717) is 11.4 Å². The third-order valence-electron chi connectivity index (χ3n) is 2.57. The fraction of sp³-hybridized carbons (Fsp3) is 0.500. The van der Waals surface area contributed by atoms with Gasteiger partial charge in [0.05, 0.1) is 11.8 Å². The summed E-state index contributed by atoms with van der Waals surface area (Å²) in [6, 6.07) is 5.12. The van der Waals surface area contributed by atoms with Crippen LogP contribution in [0.25, 0.3) is 0 Å². The summed E-state index contributed by atoms with van der Waals surface area (Å²) in [4.78, 5) is 13.3. The van der Waals surface area contributed by atoms with Crippen LogP contribution in [-0.4, -0.2) is 37.0 Å². The molecular formula is C14H23N3O2. The number of nitrogen functional groups attached to an aromatic ring is 1. The zero-order valence-electron chi connectivity index (χ0n) is 12.2. The van der Waals surface area contributed by atoms with E-state index in [1.165, 1.54) is 0 Å². The second-order valence-electron chi connectivity index (χ2n) is 5.02. The van der Waals surface area contributed by atoms with Crippen molar-refractivity contribution in [1.82, 2.24) is 4.90 Å². The van der Waals surface area contributed by atoms with E-state index in [-0.39, 0.29) is 18.1 Å². The van der Waals surface area contributed by atoms with E-state index in [2.05, 4.69) is 5.32 Å². The van der Waals surface area contributed by atoms with Gasteiger partial charge in [0.1, 0.15) is 11.8 Å². The molecule has 0 aromatic heterocycles. The lowest BCUT2D eigenvalue weighted by molar-refractivity contribution is -0.129. The van der Waals surface area contributed by atoms with Gasteiger partial charge in [0.2, 0.25) is 5.91 Å². The Morgan fingerprint density at radius 1 is 1.32 bits per heavy atom. The molecular weight excluding hydrogens is 242 g/mol. The van der Waals surface area contributed by atoms with E-state index in [9.17, 15) is 4.79 Å². The molecule has 0 fully saturated rings. The minimum absolute atomic E-state index is 0.0168. The summed E-state index contributed by atoms with van der Waals surface area (Å²) in [5.41, 5.74) is 7.25. The van der Waals surface area contributed by atoms with E-state index in [4.69, 9.17) is 10.5 Å². The molecule has 0 saturated carbocycles. The summed E-state index contributed by atoms with van der Waals surface area (Å²) in [6.45, 7) is 5.71. The SMILES string of the molecule is CC(C)Oc1cc(NC(C)C(=O)N(C)C)ccc1N. The zero-order chi connectivity index (χ0) is 14.6. The van der Waals surface area contributed by atoms with Crippen molar-refractivity contribution < 1.29 is 9.53 Å². The number of amides is 1. The Bertz CT molecular complexity index is 444. The predicted octanol–water partition coefficient (Wildman–Crippen LogP) is 1.94. The maximum atomic E-state index is 11.8. The van der Waals surface area contributed by atoms with Gasteiger partial charge in [-0.25, -0.2) is 0 Å². The Kier molecular flexibility index (Phi) is 5.03. The van der Waals surface area contributed by atoms with Crippen molar-refractivity contribution in [2.45, 2.75) is 32.9 Å². The molecule has 5 nitrogen and oxygen atoms in total. The van der Waals surface area contributed by atoms with Crippen LogP contribution >= 0.6 is 0 Å². The third-order valence-corrected chi connectivity index (χ3v) is 2.57. The molecule has 0 bridgehead atoms. The number of nitrogens with one attached hydrogen (secondary N) is 1. The Morgan fingerprint density at radius 3 is 2.47 bits per heavy atom. The average Bonchev–Trinajstić information content (AvgIpc) is 2.31. The minimum Gasteiger partial charge on any atom is -0.489 e. The fourth-order valence-electron chi connectivity index (χ4n) is 1.68. The molecule has 1 rings (SSSR count). The maximum Gasteiger partial charge on any atom is 0.244 e. The summed E-state index contributed by atoms with van der Waals surface area (Å²) < 4.78 is 5.61. The molecule has 0 radical (unpaired) electrons. The third kappa shape index (κ3) is 4.35. The van der Waals surface area contributed by atoms with E-state index < -0.39 is 0 Å². The van der Waals surface area contributed by atoms with Gasteiger partial charge in [-0.2, -0.15) is 0 Å². The Hall–Kier alpha value is -1.91. The average molecular weight is 265 g/mol. The van der Waals surface area contributed by atoms with Crippen molar-refractivity contribution >= 4 is 17.3 Å². The molecule has 0 saturated heterocycles. The van der Waals surface area contributed by atoms with Crippen LogP contribution in [0.3, 0.4) is 0 Å². The number of likely N-dealkylation sites (N-methyl/N-ethyl adjacent to an activating group) is 1. The summed E-state index contributed by atoms with van der Waals surface area (Å²) in [5, 5.41) is 3.14. The first-order chi connectivity index (χ1) is 8.81. The lowest BCUT2D eigenvalue weighted by Crippen LogP contribution is -2.36. The molecule has 0 heterocycles. The summed E-state index contributed by atoms with van der Waals surface area (Å²) in [5.74, 6) is 0.646. The van der Waals surface area contributed by atoms with Gasteiger partial charge in [-0.3, -0.25) is 4.79 Å². The van der Waals surface area contributed by atoms with E-state index >= 15 is 0 Å². The van der Waals surface area contributed by atoms with Crippen LogP contribution in [0.15, 0.2) is 18.2 Å². The quantitative estimate of drug-likeness (QED) is 0.798. The van der Waals surface area contributed by atoms with Crippen molar-refractivity contribution in [3.05, 3.63) is 18.2 Å². The molecule has 1 unspecified atom stereocenters. The van der Waals surface area contributed by atoms with Crippen molar-refractivity contribution in [2.75, 3.05) is 25.1 Å². The van der Waals surface area contributed by atoms with Gasteiger partial charge in [-0.15, -0.1) is 0 Å². The molecule has 3 N–H and O–H groups in total. The van der Waals surface area contributed by atoms with Gasteiger partial charge >= 0.3 is 0 Å². The number of carbonyl (C=O) groups is 1. The van der Waals surface area contributed by atoms with Crippen molar-refractivity contribution in [1.29, 1.82) is 0 Å². The predicted molar refractivity (Wildman–Crippen MR) is 78.4 cm³/mol. The van der Waals surface area contributed by atoms with Gasteiger partial charge in [-0.05, 0) is 32.9 Å². The number of hydrogen-bond donors (Lipinski definition) is 2. The molecule has 5 heteroatoms. The van der Waals surface area contributed by atoms with Crippen molar-refractivity contribution in [3.8, 4) is 5.75 Å². The number of nitrogens with two attached hydrogens (primary N) is 1. The molecule has 1 aromatic carbocycles. The van der Waals surface area contributed by atoms with Crippen LogP contribution in [-0.2, 0) is 4.79 Å². The fourth-order valence-corrected chi connectivity index (χ4v) is 1.68. The Balaban J connectivity index is 2.82. The van der Waals surface area contributed by atoms with Gasteiger partial charge in [0, 0.05) is 25.8 Å². The highest BCUT2D eigenvalue weighted by molar-refractivity contribution is 5.84. The Morgan fingerprint density at radius 2 is 1.95 bits per heavy atom. The number of carbonyl (C=O) groups excluding carboxylic acids is 1. The molecule has 0 aliphatic rings. The maximum absolute atomic E-state index is 11.8. The first-order valence-electron chi connectivity index (χ1n) is 6.35. The molecule has 1 amide bonds. The monoisotopic (exact) mass is 265 g/mol. The molecule has 1 atom stereocenters. The van der Waals surface area contributed by atoms with Crippen LogP contribution in [0.1, 0.15) is 20.8 Å². The lowest BCUT2D eigenvalue weighted by atomic mass is 10.2. The second kappa shape index (κ2) is 6.31.